The lowest BCUT2D eigenvalue weighted by Gasteiger charge is -2.02. The smallest absolute Gasteiger partial charge is 0.264 e. The minimum absolute atomic E-state index is 0.146. The molecule has 31 heavy (non-hydrogen) atoms. The highest BCUT2D eigenvalue weighted by atomic mass is 35.5. The van der Waals surface area contributed by atoms with Gasteiger partial charge < -0.3 is 15.1 Å². The van der Waals surface area contributed by atoms with E-state index >= 15 is 0 Å². The van der Waals surface area contributed by atoms with E-state index in [1.165, 1.54) is 18.7 Å². The SMILES string of the molecule is CC(=O)Nc1ccc(N=C2NC(=O)/C(=C\c3ccc(-c4ccc(Cl)c(Cl)c4)o3)S2)cc1. The Kier molecular flexibility index (Phi) is 6.18. The molecule has 156 valence electrons. The highest BCUT2D eigenvalue weighted by Crippen LogP contribution is 2.32. The summed E-state index contributed by atoms with van der Waals surface area (Å²) in [6.07, 6.45) is 1.66. The molecule has 0 unspecified atom stereocenters. The molecule has 0 saturated carbocycles. The van der Waals surface area contributed by atoms with Crippen LogP contribution in [0.5, 0.6) is 0 Å². The number of thioether (sulfide) groups is 1. The van der Waals surface area contributed by atoms with Crippen molar-refractivity contribution < 1.29 is 14.0 Å². The Morgan fingerprint density at radius 3 is 2.58 bits per heavy atom. The van der Waals surface area contributed by atoms with E-state index in [1.54, 1.807) is 54.6 Å². The zero-order valence-corrected chi connectivity index (χ0v) is 18.4. The second-order valence-electron chi connectivity index (χ2n) is 6.54. The largest absolute Gasteiger partial charge is 0.457 e. The molecule has 1 aliphatic rings. The van der Waals surface area contributed by atoms with E-state index < -0.39 is 0 Å². The molecule has 0 aliphatic carbocycles. The normalized spacial score (nSPS) is 16.0. The van der Waals surface area contributed by atoms with Crippen molar-refractivity contribution in [3.8, 4) is 11.3 Å². The van der Waals surface area contributed by atoms with Crippen LogP contribution >= 0.6 is 35.0 Å². The summed E-state index contributed by atoms with van der Waals surface area (Å²) in [5.74, 6) is 0.736. The molecular formula is C22H15Cl2N3O3S. The Bertz CT molecular complexity index is 1230. The van der Waals surface area contributed by atoms with Gasteiger partial charge in [-0.2, -0.15) is 0 Å². The zero-order valence-electron chi connectivity index (χ0n) is 16.1. The average molecular weight is 472 g/mol. The summed E-state index contributed by atoms with van der Waals surface area (Å²) >= 11 is 13.2. The number of aliphatic imine (C=N–C) groups is 1. The van der Waals surface area contributed by atoms with Crippen LogP contribution in [-0.2, 0) is 9.59 Å². The van der Waals surface area contributed by atoms with Gasteiger partial charge in [0.1, 0.15) is 11.5 Å². The predicted molar refractivity (Wildman–Crippen MR) is 126 cm³/mol. The summed E-state index contributed by atoms with van der Waals surface area (Å²) in [5.41, 5.74) is 2.11. The zero-order chi connectivity index (χ0) is 22.0. The highest BCUT2D eigenvalue weighted by Gasteiger charge is 2.24. The third kappa shape index (κ3) is 5.19. The minimum atomic E-state index is -0.258. The van der Waals surface area contributed by atoms with Gasteiger partial charge in [-0.1, -0.05) is 23.2 Å². The predicted octanol–water partition coefficient (Wildman–Crippen LogP) is 6.10. The monoisotopic (exact) mass is 471 g/mol. The van der Waals surface area contributed by atoms with E-state index in [-0.39, 0.29) is 11.8 Å². The fourth-order valence-electron chi connectivity index (χ4n) is 2.78. The third-order valence-corrected chi connectivity index (χ3v) is 5.82. The lowest BCUT2D eigenvalue weighted by Crippen LogP contribution is -2.19. The van der Waals surface area contributed by atoms with Crippen LogP contribution in [0.3, 0.4) is 0 Å². The summed E-state index contributed by atoms with van der Waals surface area (Å²) in [6, 6.07) is 15.8. The maximum atomic E-state index is 12.3. The summed E-state index contributed by atoms with van der Waals surface area (Å²) < 4.78 is 5.83. The number of carbonyl (C=O) groups is 2. The molecule has 1 fully saturated rings. The van der Waals surface area contributed by atoms with Crippen molar-refractivity contribution in [3.05, 3.63) is 75.3 Å². The Labute approximate surface area is 192 Å². The van der Waals surface area contributed by atoms with E-state index in [1.807, 2.05) is 6.07 Å². The minimum Gasteiger partial charge on any atom is -0.457 e. The first-order valence-electron chi connectivity index (χ1n) is 9.10. The van der Waals surface area contributed by atoms with Crippen molar-refractivity contribution in [2.24, 2.45) is 4.99 Å². The molecule has 0 bridgehead atoms. The van der Waals surface area contributed by atoms with Crippen LogP contribution in [0, 0.1) is 0 Å². The fourth-order valence-corrected chi connectivity index (χ4v) is 3.90. The molecule has 2 N–H and O–H groups in total. The standard InChI is InChI=1S/C22H15Cl2N3O3S/c1-12(28)25-14-3-5-15(6-4-14)26-22-27-21(29)20(31-22)11-16-7-9-19(30-16)13-2-8-17(23)18(24)10-13/h2-11H,1H3,(H,25,28)(H,26,27,29)/b20-11+. The molecule has 6 nitrogen and oxygen atoms in total. The first-order valence-corrected chi connectivity index (χ1v) is 10.7. The van der Waals surface area contributed by atoms with E-state index in [0.29, 0.717) is 43.0 Å². The number of amides is 2. The van der Waals surface area contributed by atoms with Crippen molar-refractivity contribution >= 4 is 69.4 Å². The van der Waals surface area contributed by atoms with Crippen LogP contribution in [0.2, 0.25) is 10.0 Å². The number of amidine groups is 1. The topological polar surface area (TPSA) is 83.7 Å². The number of halogens is 2. The molecule has 1 aromatic heterocycles. The Morgan fingerprint density at radius 2 is 1.87 bits per heavy atom. The molecule has 4 rings (SSSR count). The van der Waals surface area contributed by atoms with Crippen LogP contribution in [0.1, 0.15) is 12.7 Å². The van der Waals surface area contributed by atoms with E-state index in [0.717, 1.165) is 5.56 Å². The maximum absolute atomic E-state index is 12.3. The first kappa shape index (κ1) is 21.2. The fraction of sp³-hybridized carbons (Fsp3) is 0.0455. The van der Waals surface area contributed by atoms with Gasteiger partial charge in [-0.25, -0.2) is 4.99 Å². The Balaban J connectivity index is 1.49. The highest BCUT2D eigenvalue weighted by molar-refractivity contribution is 8.18. The first-order chi connectivity index (χ1) is 14.9. The Hall–Kier alpha value is -3.00. The van der Waals surface area contributed by atoms with Gasteiger partial charge in [0.25, 0.3) is 5.91 Å². The molecule has 1 aliphatic heterocycles. The molecule has 0 radical (unpaired) electrons. The van der Waals surface area contributed by atoms with E-state index in [4.69, 9.17) is 27.6 Å². The molecular weight excluding hydrogens is 457 g/mol. The van der Waals surface area contributed by atoms with Gasteiger partial charge >= 0.3 is 0 Å². The lowest BCUT2D eigenvalue weighted by molar-refractivity contribution is -0.115. The number of hydrogen-bond acceptors (Lipinski definition) is 5. The number of carbonyl (C=O) groups excluding carboxylic acids is 2. The van der Waals surface area contributed by atoms with Gasteiger partial charge in [0.05, 0.1) is 20.6 Å². The number of hydrogen-bond donors (Lipinski definition) is 2. The van der Waals surface area contributed by atoms with Crippen molar-refractivity contribution in [1.29, 1.82) is 0 Å². The molecule has 0 spiro atoms. The number of rotatable bonds is 4. The third-order valence-electron chi connectivity index (χ3n) is 4.17. The van der Waals surface area contributed by atoms with E-state index in [9.17, 15) is 9.59 Å². The maximum Gasteiger partial charge on any atom is 0.264 e. The number of nitrogens with one attached hydrogen (secondary N) is 2. The van der Waals surface area contributed by atoms with Crippen LogP contribution in [0.15, 0.2) is 68.9 Å². The lowest BCUT2D eigenvalue weighted by atomic mass is 10.2. The van der Waals surface area contributed by atoms with Gasteiger partial charge in [-0.05, 0) is 66.4 Å². The van der Waals surface area contributed by atoms with Crippen molar-refractivity contribution in [2.75, 3.05) is 5.32 Å². The molecule has 9 heteroatoms. The summed E-state index contributed by atoms with van der Waals surface area (Å²) in [6.45, 7) is 1.44. The second-order valence-corrected chi connectivity index (χ2v) is 8.39. The summed E-state index contributed by atoms with van der Waals surface area (Å²) in [5, 5.41) is 6.79. The van der Waals surface area contributed by atoms with Crippen molar-refractivity contribution in [2.45, 2.75) is 6.92 Å². The van der Waals surface area contributed by atoms with Crippen molar-refractivity contribution in [1.82, 2.24) is 5.32 Å². The van der Waals surface area contributed by atoms with Gasteiger partial charge in [0.2, 0.25) is 5.91 Å². The van der Waals surface area contributed by atoms with Gasteiger partial charge in [-0.15, -0.1) is 0 Å². The quantitative estimate of drug-likeness (QED) is 0.450. The molecule has 2 heterocycles. The number of furan rings is 1. The average Bonchev–Trinajstić information content (AvgIpc) is 3.32. The van der Waals surface area contributed by atoms with Crippen LogP contribution in [0.25, 0.3) is 17.4 Å². The Morgan fingerprint density at radius 1 is 1.10 bits per heavy atom. The molecule has 1 saturated heterocycles. The van der Waals surface area contributed by atoms with E-state index in [2.05, 4.69) is 15.6 Å². The number of anilines is 1. The molecule has 3 aromatic rings. The number of benzene rings is 2. The van der Waals surface area contributed by atoms with Gasteiger partial charge in [0.15, 0.2) is 5.17 Å². The molecule has 2 aromatic carbocycles. The van der Waals surface area contributed by atoms with Gasteiger partial charge in [-0.3, -0.25) is 9.59 Å². The van der Waals surface area contributed by atoms with Crippen LogP contribution in [-0.4, -0.2) is 17.0 Å². The summed E-state index contributed by atoms with van der Waals surface area (Å²) in [7, 11) is 0. The number of nitrogens with zero attached hydrogens (tertiary/aromatic N) is 1. The summed E-state index contributed by atoms with van der Waals surface area (Å²) in [4.78, 5) is 28.3. The second kappa shape index (κ2) is 9.01. The molecule has 0 atom stereocenters. The van der Waals surface area contributed by atoms with Gasteiger partial charge in [0, 0.05) is 24.3 Å². The van der Waals surface area contributed by atoms with Crippen LogP contribution < -0.4 is 10.6 Å². The van der Waals surface area contributed by atoms with Crippen molar-refractivity contribution in [3.63, 3.8) is 0 Å². The van der Waals surface area contributed by atoms with Crippen LogP contribution in [0.4, 0.5) is 11.4 Å². The molecule has 2 amide bonds.